The summed E-state index contributed by atoms with van der Waals surface area (Å²) in [4.78, 5) is 28.3. The van der Waals surface area contributed by atoms with E-state index in [1.165, 1.54) is 0 Å². The Balaban J connectivity index is 1.59. The van der Waals surface area contributed by atoms with Gasteiger partial charge >= 0.3 is 6.03 Å². The minimum Gasteiger partial charge on any atom is -0.497 e. The van der Waals surface area contributed by atoms with Crippen LogP contribution in [0.4, 0.5) is 10.5 Å². The highest BCUT2D eigenvalue weighted by Gasteiger charge is 2.48. The van der Waals surface area contributed by atoms with Gasteiger partial charge in [-0.15, -0.1) is 11.8 Å². The number of urea groups is 1. The molecule has 1 aromatic rings. The number of carbonyl (C=O) groups excluding carboxylic acids is 2. The summed E-state index contributed by atoms with van der Waals surface area (Å²) in [6.07, 6.45) is 1.55. The number of amides is 3. The molecule has 2 heterocycles. The number of hydrogen-bond donors (Lipinski definition) is 1. The number of likely N-dealkylation sites (tertiary alicyclic amines) is 1. The number of ether oxygens (including phenoxy) is 2. The highest BCUT2D eigenvalue weighted by atomic mass is 32.2. The van der Waals surface area contributed by atoms with Crippen LogP contribution in [0.1, 0.15) is 12.8 Å². The summed E-state index contributed by atoms with van der Waals surface area (Å²) < 4.78 is 10.3. The second kappa shape index (κ2) is 8.18. The maximum Gasteiger partial charge on any atom is 0.321 e. The molecule has 3 rings (SSSR count). The van der Waals surface area contributed by atoms with E-state index in [2.05, 4.69) is 5.32 Å². The quantitative estimate of drug-likeness (QED) is 0.850. The standard InChI is InChI=1S/C18H25N3O4S/c1-24-11-10-21-16(22)13-26-18(21)6-8-20(9-7-18)17(23)19-14-4-3-5-15(12-14)25-2/h3-5,12H,6-11,13H2,1-2H3,(H,19,23). The molecule has 1 N–H and O–H groups in total. The Hall–Kier alpha value is -1.93. The van der Waals surface area contributed by atoms with E-state index in [1.54, 1.807) is 32.0 Å². The molecule has 2 fully saturated rings. The van der Waals surface area contributed by atoms with E-state index in [0.717, 1.165) is 12.8 Å². The molecule has 7 nitrogen and oxygen atoms in total. The van der Waals surface area contributed by atoms with Gasteiger partial charge in [0.25, 0.3) is 0 Å². The van der Waals surface area contributed by atoms with Crippen LogP contribution < -0.4 is 10.1 Å². The normalized spacial score (nSPS) is 19.1. The number of hydrogen-bond acceptors (Lipinski definition) is 5. The lowest BCUT2D eigenvalue weighted by atomic mass is 10.0. The third kappa shape index (κ3) is 3.91. The lowest BCUT2D eigenvalue weighted by molar-refractivity contribution is -0.131. The van der Waals surface area contributed by atoms with Gasteiger partial charge in [-0.1, -0.05) is 6.07 Å². The monoisotopic (exact) mass is 379 g/mol. The highest BCUT2D eigenvalue weighted by Crippen LogP contribution is 2.44. The van der Waals surface area contributed by atoms with Crippen molar-refractivity contribution >= 4 is 29.4 Å². The van der Waals surface area contributed by atoms with E-state index in [4.69, 9.17) is 9.47 Å². The maximum atomic E-state index is 12.6. The molecule has 2 aliphatic rings. The molecule has 0 atom stereocenters. The first-order valence-electron chi connectivity index (χ1n) is 8.71. The van der Waals surface area contributed by atoms with Gasteiger partial charge in [0.05, 0.1) is 24.3 Å². The summed E-state index contributed by atoms with van der Waals surface area (Å²) in [5.74, 6) is 1.39. The SMILES string of the molecule is COCCN1C(=O)CSC12CCN(C(=O)Nc1cccc(OC)c1)CC2. The van der Waals surface area contributed by atoms with E-state index >= 15 is 0 Å². The first-order valence-corrected chi connectivity index (χ1v) is 9.70. The Morgan fingerprint density at radius 1 is 1.31 bits per heavy atom. The van der Waals surface area contributed by atoms with Gasteiger partial charge in [0.2, 0.25) is 5.91 Å². The summed E-state index contributed by atoms with van der Waals surface area (Å²) in [6, 6.07) is 7.19. The van der Waals surface area contributed by atoms with Gasteiger partial charge in [0.15, 0.2) is 0 Å². The highest BCUT2D eigenvalue weighted by molar-refractivity contribution is 8.01. The fraction of sp³-hybridized carbons (Fsp3) is 0.556. The van der Waals surface area contributed by atoms with Crippen LogP contribution in [-0.2, 0) is 9.53 Å². The Labute approximate surface area is 158 Å². The van der Waals surface area contributed by atoms with E-state index < -0.39 is 0 Å². The molecule has 0 bridgehead atoms. The van der Waals surface area contributed by atoms with Crippen molar-refractivity contribution in [2.24, 2.45) is 0 Å². The number of nitrogens with zero attached hydrogens (tertiary/aromatic N) is 2. The molecule has 1 aromatic carbocycles. The van der Waals surface area contributed by atoms with Crippen molar-refractivity contribution in [3.63, 3.8) is 0 Å². The summed E-state index contributed by atoms with van der Waals surface area (Å²) in [7, 11) is 3.24. The third-order valence-electron chi connectivity index (χ3n) is 4.93. The zero-order chi connectivity index (χ0) is 18.6. The van der Waals surface area contributed by atoms with Crippen molar-refractivity contribution in [3.8, 4) is 5.75 Å². The molecule has 0 unspecified atom stereocenters. The smallest absolute Gasteiger partial charge is 0.321 e. The van der Waals surface area contributed by atoms with Gasteiger partial charge < -0.3 is 24.6 Å². The minimum absolute atomic E-state index is 0.120. The zero-order valence-corrected chi connectivity index (χ0v) is 16.0. The van der Waals surface area contributed by atoms with Crippen LogP contribution in [0, 0.1) is 0 Å². The van der Waals surface area contributed by atoms with Crippen molar-refractivity contribution < 1.29 is 19.1 Å². The molecule has 3 amide bonds. The fourth-order valence-electron chi connectivity index (χ4n) is 3.47. The maximum absolute atomic E-state index is 12.6. The largest absolute Gasteiger partial charge is 0.497 e. The molecule has 26 heavy (non-hydrogen) atoms. The van der Waals surface area contributed by atoms with E-state index in [9.17, 15) is 9.59 Å². The van der Waals surface area contributed by atoms with Crippen LogP contribution in [0.3, 0.4) is 0 Å². The number of carbonyl (C=O) groups is 2. The van der Waals surface area contributed by atoms with Crippen molar-refractivity contribution in [2.45, 2.75) is 17.7 Å². The second-order valence-electron chi connectivity index (χ2n) is 6.42. The summed E-state index contributed by atoms with van der Waals surface area (Å²) >= 11 is 1.70. The molecule has 0 aliphatic carbocycles. The zero-order valence-electron chi connectivity index (χ0n) is 15.2. The first-order chi connectivity index (χ1) is 12.6. The lowest BCUT2D eigenvalue weighted by Crippen LogP contribution is -2.54. The van der Waals surface area contributed by atoms with Crippen molar-refractivity contribution in [3.05, 3.63) is 24.3 Å². The summed E-state index contributed by atoms with van der Waals surface area (Å²) in [5.41, 5.74) is 0.710. The Morgan fingerprint density at radius 3 is 2.77 bits per heavy atom. The molecule has 2 aliphatic heterocycles. The van der Waals surface area contributed by atoms with Crippen molar-refractivity contribution in [2.75, 3.05) is 51.5 Å². The average Bonchev–Trinajstić information content (AvgIpc) is 2.96. The summed E-state index contributed by atoms with van der Waals surface area (Å²) in [5, 5.41) is 2.92. The topological polar surface area (TPSA) is 71.1 Å². The molecular formula is C18H25N3O4S. The van der Waals surface area contributed by atoms with Crippen LogP contribution in [0.15, 0.2) is 24.3 Å². The minimum atomic E-state index is -0.192. The van der Waals surface area contributed by atoms with Crippen LogP contribution in [0.25, 0.3) is 0 Å². The van der Waals surface area contributed by atoms with Gasteiger partial charge in [0.1, 0.15) is 5.75 Å². The predicted molar refractivity (Wildman–Crippen MR) is 102 cm³/mol. The molecule has 142 valence electrons. The Bertz CT molecular complexity index is 662. The van der Waals surface area contributed by atoms with Crippen LogP contribution in [-0.4, -0.2) is 72.8 Å². The number of piperidine rings is 1. The molecule has 2 saturated heterocycles. The molecule has 1 spiro atoms. The number of methoxy groups -OCH3 is 2. The van der Waals surface area contributed by atoms with E-state index in [1.807, 2.05) is 28.0 Å². The van der Waals surface area contributed by atoms with Crippen LogP contribution >= 0.6 is 11.8 Å². The predicted octanol–water partition coefficient (Wildman–Crippen LogP) is 2.24. The lowest BCUT2D eigenvalue weighted by Gasteiger charge is -2.43. The van der Waals surface area contributed by atoms with Crippen LogP contribution in [0.2, 0.25) is 0 Å². The van der Waals surface area contributed by atoms with Gasteiger partial charge in [-0.25, -0.2) is 4.79 Å². The van der Waals surface area contributed by atoms with Gasteiger partial charge in [-0.2, -0.15) is 0 Å². The number of anilines is 1. The average molecular weight is 379 g/mol. The van der Waals surface area contributed by atoms with Crippen molar-refractivity contribution in [1.82, 2.24) is 9.80 Å². The van der Waals surface area contributed by atoms with Crippen LogP contribution in [0.5, 0.6) is 5.75 Å². The Kier molecular flexibility index (Phi) is 5.93. The second-order valence-corrected chi connectivity index (χ2v) is 7.76. The molecule has 0 radical (unpaired) electrons. The summed E-state index contributed by atoms with van der Waals surface area (Å²) in [6.45, 7) is 2.39. The number of benzene rings is 1. The van der Waals surface area contributed by atoms with Gasteiger partial charge in [-0.3, -0.25) is 4.79 Å². The first kappa shape index (κ1) is 18.8. The fourth-order valence-corrected chi connectivity index (χ4v) is 4.84. The van der Waals surface area contributed by atoms with Gasteiger partial charge in [0, 0.05) is 38.5 Å². The Morgan fingerprint density at radius 2 is 2.08 bits per heavy atom. The van der Waals surface area contributed by atoms with E-state index in [-0.39, 0.29) is 16.8 Å². The molecule has 0 aromatic heterocycles. The number of thioether (sulfide) groups is 1. The third-order valence-corrected chi connectivity index (χ3v) is 6.49. The van der Waals surface area contributed by atoms with Gasteiger partial charge in [-0.05, 0) is 25.0 Å². The molecule has 8 heteroatoms. The molecule has 0 saturated carbocycles. The van der Waals surface area contributed by atoms with E-state index in [0.29, 0.717) is 43.4 Å². The number of rotatable bonds is 5. The number of nitrogens with one attached hydrogen (secondary N) is 1. The van der Waals surface area contributed by atoms with Crippen molar-refractivity contribution in [1.29, 1.82) is 0 Å². The molecular weight excluding hydrogens is 354 g/mol.